The third-order valence-corrected chi connectivity index (χ3v) is 7.47. The van der Waals surface area contributed by atoms with Crippen LogP contribution in [-0.2, 0) is 9.59 Å². The lowest BCUT2D eigenvalue weighted by molar-refractivity contribution is -0.140. The molecule has 1 aliphatic carbocycles. The summed E-state index contributed by atoms with van der Waals surface area (Å²) in [7, 11) is 0. The molecule has 2 N–H and O–H groups in total. The molecular weight excluding hydrogens is 444 g/mol. The number of benzene rings is 2. The van der Waals surface area contributed by atoms with Crippen LogP contribution in [0.5, 0.6) is 0 Å². The number of carbonyl (C=O) groups excluding carboxylic acids is 2. The highest BCUT2D eigenvalue weighted by Gasteiger charge is 2.42. The highest BCUT2D eigenvalue weighted by atomic mass is 32.1. The summed E-state index contributed by atoms with van der Waals surface area (Å²) in [5, 5.41) is 11.6. The fourth-order valence-electron chi connectivity index (χ4n) is 4.59. The van der Waals surface area contributed by atoms with E-state index in [9.17, 15) is 9.59 Å². The maximum absolute atomic E-state index is 13.7. The van der Waals surface area contributed by atoms with Crippen LogP contribution in [-0.4, -0.2) is 46.4 Å². The fourth-order valence-corrected chi connectivity index (χ4v) is 5.34. The number of rotatable bonds is 6. The van der Waals surface area contributed by atoms with E-state index in [1.54, 1.807) is 4.90 Å². The Morgan fingerprint density at radius 3 is 2.59 bits per heavy atom. The van der Waals surface area contributed by atoms with Gasteiger partial charge in [0, 0.05) is 23.5 Å². The number of aromatic nitrogens is 1. The Morgan fingerprint density at radius 2 is 1.85 bits per heavy atom. The third kappa shape index (κ3) is 4.80. The van der Waals surface area contributed by atoms with Crippen molar-refractivity contribution in [1.29, 1.82) is 0 Å². The van der Waals surface area contributed by atoms with Crippen LogP contribution in [0.15, 0.2) is 47.8 Å². The van der Waals surface area contributed by atoms with Crippen LogP contribution in [0.2, 0.25) is 0 Å². The van der Waals surface area contributed by atoms with Crippen molar-refractivity contribution in [2.75, 3.05) is 11.9 Å². The highest BCUT2D eigenvalue weighted by molar-refractivity contribution is 7.14. The molecule has 1 aromatic heterocycles. The summed E-state index contributed by atoms with van der Waals surface area (Å²) in [6.45, 7) is 6.78. The molecule has 7 heteroatoms. The van der Waals surface area contributed by atoms with Crippen LogP contribution in [0, 0.1) is 5.41 Å². The average molecular weight is 477 g/mol. The number of nitrogens with one attached hydrogen (secondary N) is 2. The summed E-state index contributed by atoms with van der Waals surface area (Å²) in [4.78, 5) is 33.0. The van der Waals surface area contributed by atoms with E-state index in [-0.39, 0.29) is 23.3 Å². The van der Waals surface area contributed by atoms with Crippen molar-refractivity contribution in [3.63, 3.8) is 0 Å². The number of amides is 2. The zero-order valence-corrected chi connectivity index (χ0v) is 20.8. The number of fused-ring (bicyclic) bond motifs is 1. The van der Waals surface area contributed by atoms with E-state index in [0.29, 0.717) is 12.6 Å². The lowest BCUT2D eigenvalue weighted by Crippen LogP contribution is -2.54. The summed E-state index contributed by atoms with van der Waals surface area (Å²) in [5.74, 6) is -0.0303. The van der Waals surface area contributed by atoms with Crippen molar-refractivity contribution in [1.82, 2.24) is 15.2 Å². The molecule has 34 heavy (non-hydrogen) atoms. The van der Waals surface area contributed by atoms with Gasteiger partial charge in [-0.05, 0) is 47.9 Å². The Kier molecular flexibility index (Phi) is 6.06. The van der Waals surface area contributed by atoms with E-state index in [2.05, 4.69) is 61.7 Å². The normalized spacial score (nSPS) is 19.3. The van der Waals surface area contributed by atoms with Crippen molar-refractivity contribution in [2.45, 2.75) is 64.6 Å². The summed E-state index contributed by atoms with van der Waals surface area (Å²) >= 11 is 1.51. The Bertz CT molecular complexity index is 1210. The molecule has 0 unspecified atom stereocenters. The average Bonchev–Trinajstić information content (AvgIpc) is 3.29. The summed E-state index contributed by atoms with van der Waals surface area (Å²) in [5.41, 5.74) is 1.60. The minimum Gasteiger partial charge on any atom is -0.352 e. The van der Waals surface area contributed by atoms with Crippen molar-refractivity contribution in [3.8, 4) is 11.3 Å². The second-order valence-corrected chi connectivity index (χ2v) is 11.4. The van der Waals surface area contributed by atoms with E-state index in [1.807, 2.05) is 17.5 Å². The second kappa shape index (κ2) is 9.02. The quantitative estimate of drug-likeness (QED) is 0.522. The molecule has 2 fully saturated rings. The molecule has 2 atom stereocenters. The van der Waals surface area contributed by atoms with Gasteiger partial charge in [-0.2, -0.15) is 0 Å². The van der Waals surface area contributed by atoms with Crippen LogP contribution in [0.4, 0.5) is 5.13 Å². The SMILES string of the molecule is CC(C)(C)[C@H](Nc1nc(-c2ccc3ccccc3c2)cs1)C(=O)N1CCC[C@H]1C(=O)NC1CC1. The molecular formula is C27H32N4O2S. The van der Waals surface area contributed by atoms with Crippen LogP contribution in [0.3, 0.4) is 0 Å². The lowest BCUT2D eigenvalue weighted by atomic mass is 9.85. The van der Waals surface area contributed by atoms with E-state index in [1.165, 1.54) is 22.1 Å². The molecule has 2 aromatic carbocycles. The Balaban J connectivity index is 1.34. The molecule has 3 aromatic rings. The van der Waals surface area contributed by atoms with Gasteiger partial charge in [-0.1, -0.05) is 57.2 Å². The number of carbonyl (C=O) groups is 2. The zero-order chi connectivity index (χ0) is 23.9. The lowest BCUT2D eigenvalue weighted by Gasteiger charge is -2.35. The fraction of sp³-hybridized carbons (Fsp3) is 0.444. The predicted molar refractivity (Wildman–Crippen MR) is 138 cm³/mol. The van der Waals surface area contributed by atoms with Gasteiger partial charge >= 0.3 is 0 Å². The molecule has 1 saturated heterocycles. The van der Waals surface area contributed by atoms with Crippen LogP contribution >= 0.6 is 11.3 Å². The molecule has 0 bridgehead atoms. The van der Waals surface area contributed by atoms with Gasteiger partial charge < -0.3 is 15.5 Å². The Hall–Kier alpha value is -2.93. The molecule has 2 aliphatic rings. The summed E-state index contributed by atoms with van der Waals surface area (Å²) in [6, 6.07) is 14.1. The van der Waals surface area contributed by atoms with Gasteiger partial charge in [0.1, 0.15) is 12.1 Å². The first-order valence-electron chi connectivity index (χ1n) is 12.1. The van der Waals surface area contributed by atoms with E-state index in [0.717, 1.165) is 42.1 Å². The van der Waals surface area contributed by atoms with Crippen LogP contribution < -0.4 is 10.6 Å². The van der Waals surface area contributed by atoms with Gasteiger partial charge in [0.05, 0.1) is 5.69 Å². The van der Waals surface area contributed by atoms with Crippen LogP contribution in [0.25, 0.3) is 22.0 Å². The number of nitrogens with zero attached hydrogens (tertiary/aromatic N) is 2. The minimum atomic E-state index is -0.475. The van der Waals surface area contributed by atoms with Gasteiger partial charge in [-0.25, -0.2) is 4.98 Å². The number of likely N-dealkylation sites (tertiary alicyclic amines) is 1. The molecule has 6 nitrogen and oxygen atoms in total. The number of anilines is 1. The van der Waals surface area contributed by atoms with E-state index < -0.39 is 6.04 Å². The first-order chi connectivity index (χ1) is 16.3. The maximum Gasteiger partial charge on any atom is 0.246 e. The van der Waals surface area contributed by atoms with Gasteiger partial charge in [-0.15, -0.1) is 11.3 Å². The molecule has 5 rings (SSSR count). The van der Waals surface area contributed by atoms with Gasteiger partial charge in [0.2, 0.25) is 11.8 Å². The molecule has 2 amide bonds. The zero-order valence-electron chi connectivity index (χ0n) is 20.0. The van der Waals surface area contributed by atoms with Crippen LogP contribution in [0.1, 0.15) is 46.5 Å². The largest absolute Gasteiger partial charge is 0.352 e. The van der Waals surface area contributed by atoms with E-state index >= 15 is 0 Å². The Morgan fingerprint density at radius 1 is 1.09 bits per heavy atom. The first kappa shape index (κ1) is 22.8. The van der Waals surface area contributed by atoms with Crippen molar-refractivity contribution in [2.24, 2.45) is 5.41 Å². The Labute approximate surface area is 204 Å². The van der Waals surface area contributed by atoms with E-state index in [4.69, 9.17) is 4.98 Å². The van der Waals surface area contributed by atoms with Crippen molar-refractivity contribution < 1.29 is 9.59 Å². The van der Waals surface area contributed by atoms with Crippen molar-refractivity contribution in [3.05, 3.63) is 47.8 Å². The van der Waals surface area contributed by atoms with Crippen molar-refractivity contribution >= 4 is 39.1 Å². The topological polar surface area (TPSA) is 74.3 Å². The van der Waals surface area contributed by atoms with Gasteiger partial charge in [-0.3, -0.25) is 9.59 Å². The molecule has 0 spiro atoms. The summed E-state index contributed by atoms with van der Waals surface area (Å²) < 4.78 is 0. The number of thiazole rings is 1. The molecule has 0 radical (unpaired) electrons. The van der Waals surface area contributed by atoms with Gasteiger partial charge in [0.25, 0.3) is 0 Å². The number of hydrogen-bond acceptors (Lipinski definition) is 5. The monoisotopic (exact) mass is 476 g/mol. The second-order valence-electron chi connectivity index (χ2n) is 10.5. The molecule has 1 saturated carbocycles. The predicted octanol–water partition coefficient (Wildman–Crippen LogP) is 5.06. The summed E-state index contributed by atoms with van der Waals surface area (Å²) in [6.07, 6.45) is 3.67. The minimum absolute atomic E-state index is 0.00570. The molecule has 2 heterocycles. The highest BCUT2D eigenvalue weighted by Crippen LogP contribution is 2.32. The standard InChI is InChI=1S/C27H32N4O2S/c1-27(2,3)23(25(33)31-14-6-9-22(31)24(32)28-20-12-13-20)30-26-29-21(16-34-26)19-11-10-17-7-4-5-8-18(17)15-19/h4-5,7-8,10-11,15-16,20,22-23H,6,9,12-14H2,1-3H3,(H,28,32)(H,29,30)/t22-,23+/m0/s1. The first-order valence-corrected chi connectivity index (χ1v) is 13.0. The third-order valence-electron chi connectivity index (χ3n) is 6.69. The maximum atomic E-state index is 13.7. The van der Waals surface area contributed by atoms with Gasteiger partial charge in [0.15, 0.2) is 5.13 Å². The molecule has 1 aliphatic heterocycles. The smallest absolute Gasteiger partial charge is 0.246 e. The number of hydrogen-bond donors (Lipinski definition) is 2. The molecule has 178 valence electrons.